The number of rotatable bonds is 4. The Kier molecular flexibility index (Phi) is 5.30. The van der Waals surface area contributed by atoms with E-state index in [9.17, 15) is 34.5 Å². The van der Waals surface area contributed by atoms with Crippen molar-refractivity contribution in [1.82, 2.24) is 0 Å². The van der Waals surface area contributed by atoms with Crippen LogP contribution in [0.1, 0.15) is 72.6 Å². The normalized spacial score (nSPS) is 48.4. The van der Waals surface area contributed by atoms with Crippen molar-refractivity contribution in [3.8, 4) is 0 Å². The van der Waals surface area contributed by atoms with Crippen molar-refractivity contribution in [1.29, 1.82) is 0 Å². The highest BCUT2D eigenvalue weighted by Gasteiger charge is 2.82. The Bertz CT molecular complexity index is 916. The molecule has 0 unspecified atom stereocenters. The molecule has 0 amide bonds. The monoisotopic (exact) mass is 466 g/mol. The van der Waals surface area contributed by atoms with Gasteiger partial charge in [-0.2, -0.15) is 0 Å². The number of aliphatic hydroxyl groups is 2. The highest BCUT2D eigenvalue weighted by Crippen LogP contribution is 2.73. The first-order chi connectivity index (χ1) is 15.2. The number of esters is 2. The highest BCUT2D eigenvalue weighted by molar-refractivity contribution is 5.97. The van der Waals surface area contributed by atoms with E-state index in [2.05, 4.69) is 0 Å². The van der Waals surface area contributed by atoms with Gasteiger partial charge in [-0.3, -0.25) is 19.2 Å². The van der Waals surface area contributed by atoms with Gasteiger partial charge in [0.05, 0.1) is 10.8 Å². The zero-order valence-corrected chi connectivity index (χ0v) is 19.7. The second-order valence-corrected chi connectivity index (χ2v) is 11.2. The summed E-state index contributed by atoms with van der Waals surface area (Å²) in [4.78, 5) is 49.8. The summed E-state index contributed by atoms with van der Waals surface area (Å²) < 4.78 is 10.7. The van der Waals surface area contributed by atoms with Gasteiger partial charge in [0.2, 0.25) is 0 Å². The van der Waals surface area contributed by atoms with E-state index >= 15 is 0 Å². The van der Waals surface area contributed by atoms with Crippen LogP contribution in [0.2, 0.25) is 0 Å². The number of aliphatic carboxylic acids is 1. The van der Waals surface area contributed by atoms with Crippen molar-refractivity contribution in [2.24, 2.45) is 28.1 Å². The van der Waals surface area contributed by atoms with E-state index in [0.29, 0.717) is 25.7 Å². The molecule has 4 rings (SSSR count). The smallest absolute Gasteiger partial charge is 0.309 e. The quantitative estimate of drug-likeness (QED) is 0.526. The summed E-state index contributed by atoms with van der Waals surface area (Å²) >= 11 is 0. The Morgan fingerprint density at radius 2 is 1.73 bits per heavy atom. The van der Waals surface area contributed by atoms with Crippen LogP contribution in [0, 0.1) is 28.1 Å². The van der Waals surface area contributed by atoms with Crippen LogP contribution in [0.5, 0.6) is 0 Å². The number of hydrogen-bond acceptors (Lipinski definition) is 8. The van der Waals surface area contributed by atoms with Crippen molar-refractivity contribution in [3.05, 3.63) is 0 Å². The number of hydrogen-bond donors (Lipinski definition) is 3. The van der Waals surface area contributed by atoms with E-state index < -0.39 is 75.7 Å². The SMILES string of the molecule is CC(=O)OC[C@]1(O)C(=O)[C@@]23CC[C@@H]4[C@](C)(C(=O)O)CCC[C@@]4(C)[C@]2(O)[C@@H](OC(C)=O)C[C@H]1C3. The van der Waals surface area contributed by atoms with E-state index in [4.69, 9.17) is 9.47 Å². The summed E-state index contributed by atoms with van der Waals surface area (Å²) in [7, 11) is 0. The third-order valence-corrected chi connectivity index (χ3v) is 9.75. The van der Waals surface area contributed by atoms with Crippen LogP contribution in [-0.4, -0.2) is 62.9 Å². The zero-order valence-electron chi connectivity index (χ0n) is 19.7. The number of ketones is 1. The summed E-state index contributed by atoms with van der Waals surface area (Å²) in [5.41, 5.74) is -7.42. The number of Topliss-reactive ketones (excluding diaryl/α,β-unsaturated/α-hetero) is 1. The Morgan fingerprint density at radius 1 is 1.06 bits per heavy atom. The molecule has 33 heavy (non-hydrogen) atoms. The van der Waals surface area contributed by atoms with Crippen molar-refractivity contribution >= 4 is 23.7 Å². The number of ether oxygens (including phenoxy) is 2. The first-order valence-corrected chi connectivity index (χ1v) is 11.7. The Morgan fingerprint density at radius 3 is 2.30 bits per heavy atom. The third kappa shape index (κ3) is 2.84. The van der Waals surface area contributed by atoms with Gasteiger partial charge in [-0.15, -0.1) is 0 Å². The second-order valence-electron chi connectivity index (χ2n) is 11.2. The number of fused-ring (bicyclic) bond motifs is 3. The zero-order chi connectivity index (χ0) is 24.6. The van der Waals surface area contributed by atoms with Gasteiger partial charge in [0.25, 0.3) is 0 Å². The van der Waals surface area contributed by atoms with E-state index in [-0.39, 0.29) is 19.3 Å². The molecule has 3 N–H and O–H groups in total. The minimum Gasteiger partial charge on any atom is -0.481 e. The average Bonchev–Trinajstić information content (AvgIpc) is 2.89. The molecular formula is C24H34O9. The molecule has 0 radical (unpaired) electrons. The number of carboxylic acid groups (broad SMARTS) is 1. The summed E-state index contributed by atoms with van der Waals surface area (Å²) in [6.07, 6.45) is 1.12. The standard InChI is InChI=1S/C24H34O9/c1-13(25)32-12-23(30)15-10-17(33-14(2)26)24(31)21(4)8-5-7-20(3,19(28)29)16(21)6-9-22(24,11-15)18(23)27/h15-17,30-31H,5-12H2,1-4H3,(H,28,29)/t15-,16+,17-,20+,21+,22-,23+,24+/m0/s1. The van der Waals surface area contributed by atoms with Gasteiger partial charge < -0.3 is 24.8 Å². The van der Waals surface area contributed by atoms with Gasteiger partial charge in [0, 0.05) is 25.2 Å². The van der Waals surface area contributed by atoms with E-state index in [1.165, 1.54) is 13.8 Å². The molecule has 4 aliphatic rings. The lowest BCUT2D eigenvalue weighted by Crippen LogP contribution is -2.75. The fraction of sp³-hybridized carbons (Fsp3) is 0.833. The molecule has 4 fully saturated rings. The predicted molar refractivity (Wildman–Crippen MR) is 113 cm³/mol. The van der Waals surface area contributed by atoms with Crippen LogP contribution in [0.3, 0.4) is 0 Å². The molecule has 0 heterocycles. The largest absolute Gasteiger partial charge is 0.481 e. The van der Waals surface area contributed by atoms with Crippen molar-refractivity contribution in [2.75, 3.05) is 6.61 Å². The molecule has 0 saturated heterocycles. The first kappa shape index (κ1) is 24.1. The van der Waals surface area contributed by atoms with Crippen molar-refractivity contribution in [3.63, 3.8) is 0 Å². The van der Waals surface area contributed by atoms with Crippen LogP contribution in [0.4, 0.5) is 0 Å². The topological polar surface area (TPSA) is 147 Å². The maximum Gasteiger partial charge on any atom is 0.309 e. The minimum absolute atomic E-state index is 0.0213. The molecule has 0 aromatic heterocycles. The second kappa shape index (κ2) is 7.25. The van der Waals surface area contributed by atoms with Gasteiger partial charge >= 0.3 is 17.9 Å². The molecule has 0 aliphatic heterocycles. The van der Waals surface area contributed by atoms with Gasteiger partial charge in [-0.05, 0) is 51.4 Å². The van der Waals surface area contributed by atoms with E-state index in [1.807, 2.05) is 6.92 Å². The molecule has 9 nitrogen and oxygen atoms in total. The molecule has 1 spiro atoms. The fourth-order valence-electron chi connectivity index (χ4n) is 8.29. The molecule has 8 atom stereocenters. The van der Waals surface area contributed by atoms with Crippen LogP contribution in [0.25, 0.3) is 0 Å². The van der Waals surface area contributed by atoms with Crippen LogP contribution < -0.4 is 0 Å². The summed E-state index contributed by atoms with van der Waals surface area (Å²) in [5, 5.41) is 34.2. The Balaban J connectivity index is 1.88. The summed E-state index contributed by atoms with van der Waals surface area (Å²) in [5.74, 6) is -3.91. The summed E-state index contributed by atoms with van der Waals surface area (Å²) in [6.45, 7) is 5.39. The van der Waals surface area contributed by atoms with E-state index in [0.717, 1.165) is 0 Å². The molecule has 9 heteroatoms. The number of carboxylic acids is 1. The summed E-state index contributed by atoms with van der Waals surface area (Å²) in [6, 6.07) is 0. The predicted octanol–water partition coefficient (Wildman–Crippen LogP) is 1.61. The number of carbonyl (C=O) groups excluding carboxylic acids is 3. The van der Waals surface area contributed by atoms with Gasteiger partial charge in [0.1, 0.15) is 18.3 Å². The average molecular weight is 467 g/mol. The molecule has 2 bridgehead atoms. The molecule has 4 saturated carbocycles. The lowest BCUT2D eigenvalue weighted by atomic mass is 9.38. The van der Waals surface area contributed by atoms with Crippen LogP contribution in [0.15, 0.2) is 0 Å². The van der Waals surface area contributed by atoms with Gasteiger partial charge in [0.15, 0.2) is 11.4 Å². The van der Waals surface area contributed by atoms with E-state index in [1.54, 1.807) is 6.92 Å². The first-order valence-electron chi connectivity index (χ1n) is 11.7. The Labute approximate surface area is 192 Å². The minimum atomic E-state index is -2.00. The molecule has 4 aliphatic carbocycles. The number of carbonyl (C=O) groups is 4. The molecular weight excluding hydrogens is 432 g/mol. The van der Waals surface area contributed by atoms with Crippen LogP contribution >= 0.6 is 0 Å². The van der Waals surface area contributed by atoms with Crippen molar-refractivity contribution in [2.45, 2.75) is 89.9 Å². The van der Waals surface area contributed by atoms with Gasteiger partial charge in [-0.25, -0.2) is 0 Å². The Hall–Kier alpha value is -2.00. The maximum atomic E-state index is 14.0. The third-order valence-electron chi connectivity index (χ3n) is 9.75. The molecule has 0 aromatic carbocycles. The van der Waals surface area contributed by atoms with Gasteiger partial charge in [-0.1, -0.05) is 13.3 Å². The molecule has 184 valence electrons. The lowest BCUT2D eigenvalue weighted by Gasteiger charge is -2.67. The van der Waals surface area contributed by atoms with Crippen LogP contribution in [-0.2, 0) is 28.7 Å². The maximum absolute atomic E-state index is 14.0. The highest BCUT2D eigenvalue weighted by atomic mass is 16.6. The van der Waals surface area contributed by atoms with Crippen molar-refractivity contribution < 1.29 is 44.0 Å². The molecule has 0 aromatic rings. The fourth-order valence-corrected chi connectivity index (χ4v) is 8.29. The lowest BCUT2D eigenvalue weighted by molar-refractivity contribution is -0.293.